The summed E-state index contributed by atoms with van der Waals surface area (Å²) in [5.74, 6) is 0.358. The first-order chi connectivity index (χ1) is 14.7. The fourth-order valence-electron chi connectivity index (χ4n) is 3.58. The normalized spacial score (nSPS) is 10.9. The second-order valence-electron chi connectivity index (χ2n) is 7.97. The average molecular weight is 424 g/mol. The molecule has 1 aromatic heterocycles. The highest BCUT2D eigenvalue weighted by Crippen LogP contribution is 2.41. The lowest BCUT2D eigenvalue weighted by atomic mass is 10.00. The van der Waals surface area contributed by atoms with Crippen molar-refractivity contribution in [1.29, 1.82) is 0 Å². The van der Waals surface area contributed by atoms with Crippen LogP contribution in [0.1, 0.15) is 38.8 Å². The van der Waals surface area contributed by atoms with E-state index in [2.05, 4.69) is 0 Å². The number of hydrogen-bond donors (Lipinski definition) is 2. The molecule has 164 valence electrons. The molecule has 0 saturated carbocycles. The predicted molar refractivity (Wildman–Crippen MR) is 123 cm³/mol. The Labute approximate surface area is 181 Å². The zero-order valence-electron chi connectivity index (χ0n) is 18.8. The Kier molecular flexibility index (Phi) is 6.29. The van der Waals surface area contributed by atoms with E-state index in [1.54, 1.807) is 6.07 Å². The third kappa shape index (κ3) is 4.10. The molecule has 6 heteroatoms. The molecule has 0 spiro atoms. The van der Waals surface area contributed by atoms with Crippen molar-refractivity contribution in [3.8, 4) is 23.0 Å². The van der Waals surface area contributed by atoms with Gasteiger partial charge < -0.3 is 24.1 Å². The molecule has 0 unspecified atom stereocenters. The van der Waals surface area contributed by atoms with Crippen molar-refractivity contribution in [1.82, 2.24) is 0 Å². The molecule has 0 radical (unpaired) electrons. The number of fused-ring (bicyclic) bond motifs is 2. The van der Waals surface area contributed by atoms with Gasteiger partial charge in [0.15, 0.2) is 11.3 Å². The highest BCUT2D eigenvalue weighted by Gasteiger charge is 2.23. The molecule has 2 N–H and O–H groups in total. The Morgan fingerprint density at radius 2 is 1.61 bits per heavy atom. The Bertz CT molecular complexity index is 1270. The predicted octanol–water partition coefficient (Wildman–Crippen LogP) is 5.39. The van der Waals surface area contributed by atoms with Crippen molar-refractivity contribution in [2.24, 2.45) is 0 Å². The van der Waals surface area contributed by atoms with Crippen LogP contribution in [0.15, 0.2) is 44.6 Å². The van der Waals surface area contributed by atoms with Gasteiger partial charge in [0, 0.05) is 17.2 Å². The zero-order chi connectivity index (χ0) is 22.9. The summed E-state index contributed by atoms with van der Waals surface area (Å²) in [7, 11) is 2.96. The first-order valence-electron chi connectivity index (χ1n) is 10.0. The first-order valence-corrected chi connectivity index (χ1v) is 10.0. The zero-order valence-corrected chi connectivity index (χ0v) is 18.8. The fourth-order valence-corrected chi connectivity index (χ4v) is 3.58. The minimum absolute atomic E-state index is 0.00815. The van der Waals surface area contributed by atoms with Gasteiger partial charge in [0.25, 0.3) is 0 Å². The summed E-state index contributed by atoms with van der Waals surface area (Å²) >= 11 is 0. The minimum Gasteiger partial charge on any atom is -0.507 e. The van der Waals surface area contributed by atoms with Gasteiger partial charge in [-0.15, -0.1) is 0 Å². The van der Waals surface area contributed by atoms with Gasteiger partial charge in [-0.2, -0.15) is 0 Å². The van der Waals surface area contributed by atoms with Crippen LogP contribution < -0.4 is 14.9 Å². The maximum Gasteiger partial charge on any atom is 0.208 e. The maximum atomic E-state index is 13.5. The molecule has 0 aliphatic rings. The lowest BCUT2D eigenvalue weighted by Gasteiger charge is -2.15. The van der Waals surface area contributed by atoms with Gasteiger partial charge in [-0.3, -0.25) is 4.79 Å². The van der Waals surface area contributed by atoms with E-state index in [0.717, 1.165) is 11.1 Å². The van der Waals surface area contributed by atoms with Gasteiger partial charge in [0.2, 0.25) is 5.43 Å². The summed E-state index contributed by atoms with van der Waals surface area (Å²) in [5, 5.41) is 21.7. The van der Waals surface area contributed by atoms with Crippen LogP contribution in [0.3, 0.4) is 0 Å². The van der Waals surface area contributed by atoms with Crippen LogP contribution in [-0.4, -0.2) is 24.4 Å². The summed E-state index contributed by atoms with van der Waals surface area (Å²) in [6, 6.07) is 3.10. The molecule has 31 heavy (non-hydrogen) atoms. The van der Waals surface area contributed by atoms with E-state index in [1.807, 2.05) is 39.8 Å². The summed E-state index contributed by atoms with van der Waals surface area (Å²) in [4.78, 5) is 13.5. The van der Waals surface area contributed by atoms with E-state index in [0.29, 0.717) is 35.5 Å². The second-order valence-corrected chi connectivity index (χ2v) is 7.97. The number of aromatic hydroxyl groups is 2. The van der Waals surface area contributed by atoms with Crippen molar-refractivity contribution in [3.63, 3.8) is 0 Å². The minimum atomic E-state index is -0.471. The Hall–Kier alpha value is -3.41. The lowest BCUT2D eigenvalue weighted by molar-refractivity contribution is 0.401. The monoisotopic (exact) mass is 424 g/mol. The number of hydrogen-bond acceptors (Lipinski definition) is 6. The molecule has 2 aromatic carbocycles. The second kappa shape index (κ2) is 8.76. The molecular formula is C25H28O6. The van der Waals surface area contributed by atoms with Crippen molar-refractivity contribution in [2.75, 3.05) is 14.2 Å². The van der Waals surface area contributed by atoms with E-state index in [4.69, 9.17) is 13.9 Å². The van der Waals surface area contributed by atoms with Crippen LogP contribution in [0.5, 0.6) is 23.0 Å². The lowest BCUT2D eigenvalue weighted by Crippen LogP contribution is -2.08. The smallest absolute Gasteiger partial charge is 0.208 e. The quantitative estimate of drug-likeness (QED) is 0.407. The van der Waals surface area contributed by atoms with E-state index in [9.17, 15) is 15.0 Å². The molecule has 3 aromatic rings. The maximum absolute atomic E-state index is 13.5. The number of phenolic OH excluding ortho intramolecular Hbond substituents is 2. The van der Waals surface area contributed by atoms with Crippen LogP contribution in [0.4, 0.5) is 0 Å². The van der Waals surface area contributed by atoms with Gasteiger partial charge in [0.1, 0.15) is 33.6 Å². The number of methoxy groups -OCH3 is 2. The molecule has 0 bridgehead atoms. The van der Waals surface area contributed by atoms with Crippen LogP contribution in [0, 0.1) is 0 Å². The number of rotatable bonds is 6. The molecule has 1 heterocycles. The average Bonchev–Trinajstić information content (AvgIpc) is 2.71. The Morgan fingerprint density at radius 1 is 0.968 bits per heavy atom. The van der Waals surface area contributed by atoms with Crippen molar-refractivity contribution >= 4 is 21.9 Å². The number of benzene rings is 2. The molecule has 6 nitrogen and oxygen atoms in total. The number of phenols is 2. The van der Waals surface area contributed by atoms with Crippen LogP contribution in [0.2, 0.25) is 0 Å². The SMILES string of the molecule is COc1cc2oc3c(O)cc(CC=C(C)C)c(OC)c3c(=O)c2c(O)c1CC=C(C)C. The summed E-state index contributed by atoms with van der Waals surface area (Å²) in [5.41, 5.74) is 2.98. The van der Waals surface area contributed by atoms with Crippen molar-refractivity contribution < 1.29 is 24.1 Å². The molecular weight excluding hydrogens is 396 g/mol. The summed E-state index contributed by atoms with van der Waals surface area (Å²) in [6.45, 7) is 7.84. The number of allylic oxidation sites excluding steroid dienone is 4. The molecule has 0 atom stereocenters. The van der Waals surface area contributed by atoms with Crippen LogP contribution in [-0.2, 0) is 12.8 Å². The molecule has 0 aliphatic heterocycles. The highest BCUT2D eigenvalue weighted by atomic mass is 16.5. The summed E-state index contributed by atoms with van der Waals surface area (Å²) < 4.78 is 16.9. The molecule has 0 fully saturated rings. The molecule has 0 saturated heterocycles. The topological polar surface area (TPSA) is 89.1 Å². The van der Waals surface area contributed by atoms with Gasteiger partial charge in [-0.1, -0.05) is 23.3 Å². The number of ether oxygens (including phenoxy) is 2. The standard InChI is InChI=1S/C25H28O6/c1-13(2)7-9-15-11-17(26)25-21(24(15)30-6)23(28)20-19(31-25)12-18(29-5)16(22(20)27)10-8-14(3)4/h7-8,11-12,26-27H,9-10H2,1-6H3. The molecule has 0 amide bonds. The Morgan fingerprint density at radius 3 is 2.19 bits per heavy atom. The summed E-state index contributed by atoms with van der Waals surface area (Å²) in [6.07, 6.45) is 4.79. The highest BCUT2D eigenvalue weighted by molar-refractivity contribution is 5.99. The van der Waals surface area contributed by atoms with Crippen molar-refractivity contribution in [3.05, 3.63) is 56.8 Å². The largest absolute Gasteiger partial charge is 0.507 e. The first kappa shape index (κ1) is 22.3. The van der Waals surface area contributed by atoms with E-state index in [-0.39, 0.29) is 33.4 Å². The third-order valence-corrected chi connectivity index (χ3v) is 5.15. The fraction of sp³-hybridized carbons (Fsp3) is 0.320. The molecule has 0 aliphatic carbocycles. The van der Waals surface area contributed by atoms with Crippen molar-refractivity contribution in [2.45, 2.75) is 40.5 Å². The van der Waals surface area contributed by atoms with Gasteiger partial charge in [-0.25, -0.2) is 0 Å². The molecule has 3 rings (SSSR count). The van der Waals surface area contributed by atoms with Crippen LogP contribution in [0.25, 0.3) is 21.9 Å². The third-order valence-electron chi connectivity index (χ3n) is 5.15. The van der Waals surface area contributed by atoms with E-state index in [1.165, 1.54) is 20.3 Å². The van der Waals surface area contributed by atoms with Crippen LogP contribution >= 0.6 is 0 Å². The van der Waals surface area contributed by atoms with Gasteiger partial charge in [0.05, 0.1) is 14.2 Å². The van der Waals surface area contributed by atoms with Gasteiger partial charge >= 0.3 is 0 Å². The van der Waals surface area contributed by atoms with Gasteiger partial charge in [-0.05, 0) is 46.6 Å². The van der Waals surface area contributed by atoms with E-state index >= 15 is 0 Å². The van der Waals surface area contributed by atoms with E-state index < -0.39 is 5.43 Å². The Balaban J connectivity index is 2.44.